The van der Waals surface area contributed by atoms with Crippen LogP contribution in [0.15, 0.2) is 18.2 Å². The molecule has 14 heavy (non-hydrogen) atoms. The minimum absolute atomic E-state index is 0.351. The van der Waals surface area contributed by atoms with E-state index in [0.717, 1.165) is 5.56 Å². The van der Waals surface area contributed by atoms with Crippen LogP contribution in [0.4, 0.5) is 4.39 Å². The monoisotopic (exact) mass is 196 g/mol. The zero-order valence-corrected chi connectivity index (χ0v) is 7.37. The molecule has 1 aliphatic rings. The Morgan fingerprint density at radius 2 is 2.36 bits per heavy atom. The van der Waals surface area contributed by atoms with Crippen molar-refractivity contribution in [2.75, 3.05) is 0 Å². The fourth-order valence-corrected chi connectivity index (χ4v) is 1.52. The molecule has 1 N–H and O–H groups in total. The van der Waals surface area contributed by atoms with Gasteiger partial charge in [0.25, 0.3) is 0 Å². The number of aryl methyl sites for hydroxylation is 1. The first-order valence-corrected chi connectivity index (χ1v) is 4.35. The maximum atomic E-state index is 12.8. The molecule has 3 nitrogen and oxygen atoms in total. The summed E-state index contributed by atoms with van der Waals surface area (Å²) in [5.74, 6) is -1.06. The number of benzene rings is 1. The van der Waals surface area contributed by atoms with Crippen LogP contribution in [0.1, 0.15) is 12.0 Å². The van der Waals surface area contributed by atoms with Gasteiger partial charge in [-0.15, -0.1) is 0 Å². The van der Waals surface area contributed by atoms with E-state index in [-0.39, 0.29) is 0 Å². The van der Waals surface area contributed by atoms with Crippen molar-refractivity contribution in [3.05, 3.63) is 29.6 Å². The van der Waals surface area contributed by atoms with Gasteiger partial charge in [0.15, 0.2) is 6.10 Å². The van der Waals surface area contributed by atoms with Crippen molar-refractivity contribution >= 4 is 5.97 Å². The summed E-state index contributed by atoms with van der Waals surface area (Å²) in [7, 11) is 0. The maximum absolute atomic E-state index is 12.8. The molecular weight excluding hydrogens is 187 g/mol. The second-order valence-electron chi connectivity index (χ2n) is 3.24. The highest BCUT2D eigenvalue weighted by molar-refractivity contribution is 5.73. The first kappa shape index (κ1) is 8.99. The molecule has 0 bridgehead atoms. The van der Waals surface area contributed by atoms with Crippen LogP contribution in [0.5, 0.6) is 5.75 Å². The Kier molecular flexibility index (Phi) is 2.11. The van der Waals surface area contributed by atoms with Crippen LogP contribution in [-0.2, 0) is 11.2 Å². The Balaban J connectivity index is 2.29. The predicted octanol–water partition coefficient (Wildman–Crippen LogP) is 1.60. The van der Waals surface area contributed by atoms with Crippen LogP contribution < -0.4 is 4.74 Å². The second kappa shape index (κ2) is 3.29. The molecule has 0 fully saturated rings. The molecule has 0 aromatic heterocycles. The molecule has 1 aromatic carbocycles. The number of hydrogen-bond donors (Lipinski definition) is 1. The number of aliphatic carboxylic acids is 1. The fraction of sp³-hybridized carbons (Fsp3) is 0.300. The summed E-state index contributed by atoms with van der Waals surface area (Å²) in [5, 5.41) is 8.71. The number of carbonyl (C=O) groups is 1. The van der Waals surface area contributed by atoms with Crippen molar-refractivity contribution in [2.45, 2.75) is 18.9 Å². The van der Waals surface area contributed by atoms with Gasteiger partial charge in [0.1, 0.15) is 11.6 Å². The third-order valence-corrected chi connectivity index (χ3v) is 2.25. The third kappa shape index (κ3) is 1.55. The van der Waals surface area contributed by atoms with E-state index < -0.39 is 17.9 Å². The SMILES string of the molecule is O=C(O)[C@H]1CCc2ccc(F)cc2O1. The molecule has 0 spiro atoms. The highest BCUT2D eigenvalue weighted by Gasteiger charge is 2.25. The highest BCUT2D eigenvalue weighted by Crippen LogP contribution is 2.28. The molecular formula is C10H9FO3. The minimum Gasteiger partial charge on any atom is -0.479 e. The van der Waals surface area contributed by atoms with Crippen molar-refractivity contribution in [2.24, 2.45) is 0 Å². The molecule has 1 atom stereocenters. The highest BCUT2D eigenvalue weighted by atomic mass is 19.1. The quantitative estimate of drug-likeness (QED) is 0.742. The zero-order chi connectivity index (χ0) is 10.1. The van der Waals surface area contributed by atoms with Crippen molar-refractivity contribution in [1.29, 1.82) is 0 Å². The van der Waals surface area contributed by atoms with Gasteiger partial charge in [-0.3, -0.25) is 0 Å². The summed E-state index contributed by atoms with van der Waals surface area (Å²) < 4.78 is 17.9. The normalized spacial score (nSPS) is 19.6. The number of carboxylic acid groups (broad SMARTS) is 1. The van der Waals surface area contributed by atoms with Crippen molar-refractivity contribution in [3.63, 3.8) is 0 Å². The van der Waals surface area contributed by atoms with Gasteiger partial charge in [-0.05, 0) is 24.5 Å². The van der Waals surface area contributed by atoms with Gasteiger partial charge in [-0.2, -0.15) is 0 Å². The number of halogens is 1. The summed E-state index contributed by atoms with van der Waals surface area (Å²) in [6, 6.07) is 4.20. The minimum atomic E-state index is -1.00. The second-order valence-corrected chi connectivity index (χ2v) is 3.24. The molecule has 1 aromatic rings. The fourth-order valence-electron chi connectivity index (χ4n) is 1.52. The van der Waals surface area contributed by atoms with Crippen LogP contribution in [0.3, 0.4) is 0 Å². The Hall–Kier alpha value is -1.58. The standard InChI is InChI=1S/C10H9FO3/c11-7-3-1-6-2-4-8(10(12)13)14-9(6)5-7/h1,3,5,8H,2,4H2,(H,12,13)/t8-/m1/s1. The van der Waals surface area contributed by atoms with E-state index in [1.54, 1.807) is 6.07 Å². The third-order valence-electron chi connectivity index (χ3n) is 2.25. The molecule has 1 aliphatic heterocycles. The van der Waals surface area contributed by atoms with Crippen molar-refractivity contribution in [3.8, 4) is 5.75 Å². The molecule has 0 aliphatic carbocycles. The summed E-state index contributed by atoms with van der Waals surface area (Å²) in [5.41, 5.74) is 0.865. The van der Waals surface area contributed by atoms with Crippen molar-refractivity contribution < 1.29 is 19.0 Å². The van der Waals surface area contributed by atoms with Gasteiger partial charge in [-0.1, -0.05) is 6.07 Å². The molecule has 0 unspecified atom stereocenters. The Bertz CT molecular complexity index is 376. The Morgan fingerprint density at radius 3 is 3.07 bits per heavy atom. The first-order chi connectivity index (χ1) is 6.66. The molecule has 74 valence electrons. The average Bonchev–Trinajstić information content (AvgIpc) is 2.16. The molecule has 4 heteroatoms. The zero-order valence-electron chi connectivity index (χ0n) is 7.37. The topological polar surface area (TPSA) is 46.5 Å². The number of hydrogen-bond acceptors (Lipinski definition) is 2. The lowest BCUT2D eigenvalue weighted by atomic mass is 10.0. The summed E-state index contributed by atoms with van der Waals surface area (Å²) in [6.07, 6.45) is 0.213. The first-order valence-electron chi connectivity index (χ1n) is 4.35. The lowest BCUT2D eigenvalue weighted by Gasteiger charge is -2.22. The van der Waals surface area contributed by atoms with Gasteiger partial charge in [0.2, 0.25) is 0 Å². The van der Waals surface area contributed by atoms with E-state index in [0.29, 0.717) is 18.6 Å². The van der Waals surface area contributed by atoms with Crippen LogP contribution in [0, 0.1) is 5.82 Å². The number of rotatable bonds is 1. The van der Waals surface area contributed by atoms with Gasteiger partial charge in [-0.25, -0.2) is 9.18 Å². The van der Waals surface area contributed by atoms with Crippen LogP contribution in [-0.4, -0.2) is 17.2 Å². The smallest absolute Gasteiger partial charge is 0.344 e. The average molecular weight is 196 g/mol. The van der Waals surface area contributed by atoms with Gasteiger partial charge < -0.3 is 9.84 Å². The number of fused-ring (bicyclic) bond motifs is 1. The Morgan fingerprint density at radius 1 is 1.57 bits per heavy atom. The molecule has 0 amide bonds. The summed E-state index contributed by atoms with van der Waals surface area (Å²) in [6.45, 7) is 0. The van der Waals surface area contributed by atoms with Crippen LogP contribution >= 0.6 is 0 Å². The lowest BCUT2D eigenvalue weighted by Crippen LogP contribution is -2.30. The van der Waals surface area contributed by atoms with Gasteiger partial charge >= 0.3 is 5.97 Å². The van der Waals surface area contributed by atoms with Gasteiger partial charge in [0.05, 0.1) is 0 Å². The van der Waals surface area contributed by atoms with E-state index in [2.05, 4.69) is 0 Å². The van der Waals surface area contributed by atoms with E-state index >= 15 is 0 Å². The lowest BCUT2D eigenvalue weighted by molar-refractivity contribution is -0.145. The largest absolute Gasteiger partial charge is 0.479 e. The van der Waals surface area contributed by atoms with Crippen molar-refractivity contribution in [1.82, 2.24) is 0 Å². The molecule has 0 radical (unpaired) electrons. The van der Waals surface area contributed by atoms with E-state index in [1.165, 1.54) is 12.1 Å². The van der Waals surface area contributed by atoms with Crippen LogP contribution in [0.2, 0.25) is 0 Å². The molecule has 0 saturated carbocycles. The van der Waals surface area contributed by atoms with E-state index in [4.69, 9.17) is 9.84 Å². The van der Waals surface area contributed by atoms with E-state index in [9.17, 15) is 9.18 Å². The predicted molar refractivity (Wildman–Crippen MR) is 46.8 cm³/mol. The Labute approximate surface area is 80.1 Å². The van der Waals surface area contributed by atoms with E-state index in [1.807, 2.05) is 0 Å². The molecule has 1 heterocycles. The molecule has 2 rings (SSSR count). The number of ether oxygens (including phenoxy) is 1. The summed E-state index contributed by atoms with van der Waals surface area (Å²) >= 11 is 0. The summed E-state index contributed by atoms with van der Waals surface area (Å²) in [4.78, 5) is 10.6. The maximum Gasteiger partial charge on any atom is 0.344 e. The number of carboxylic acids is 1. The van der Waals surface area contributed by atoms with Crippen LogP contribution in [0.25, 0.3) is 0 Å². The van der Waals surface area contributed by atoms with Gasteiger partial charge in [0, 0.05) is 6.07 Å². The molecule has 0 saturated heterocycles.